The molecule has 0 spiro atoms. The van der Waals surface area contributed by atoms with Gasteiger partial charge in [0.1, 0.15) is 1.37 Å². The summed E-state index contributed by atoms with van der Waals surface area (Å²) < 4.78 is 18.7. The van der Waals surface area contributed by atoms with Crippen LogP contribution in [0.1, 0.15) is 59.0 Å². The zero-order chi connectivity index (χ0) is 12.8. The van der Waals surface area contributed by atoms with E-state index in [0.717, 1.165) is 0 Å². The predicted molar refractivity (Wildman–Crippen MR) is 65.3 cm³/mol. The average molecular weight is 221 g/mol. The fraction of sp³-hybridized carbons (Fsp3) is 0.571. The monoisotopic (exact) mass is 221 g/mol. The van der Waals surface area contributed by atoms with Crippen molar-refractivity contribution < 1.29 is 10.8 Å². The minimum Gasteiger partial charge on any atom is -0.451 e. The summed E-state index contributed by atoms with van der Waals surface area (Å²) in [6, 6.07) is 4.05. The van der Waals surface area contributed by atoms with Gasteiger partial charge >= 0.3 is 0 Å². The Kier molecular flexibility index (Phi) is 2.50. The van der Waals surface area contributed by atoms with Crippen LogP contribution in [-0.2, 0) is 0 Å². The fourth-order valence-electron chi connectivity index (χ4n) is 2.08. The van der Waals surface area contributed by atoms with Crippen LogP contribution in [0.2, 0.25) is 0 Å². The van der Waals surface area contributed by atoms with Crippen molar-refractivity contribution in [2.75, 3.05) is 0 Å². The Morgan fingerprint density at radius 1 is 1.00 bits per heavy atom. The first-order chi connectivity index (χ1) is 7.80. The number of hydrogen-bond donors (Lipinski definition) is 0. The maximum absolute atomic E-state index is 7.78. The quantitative estimate of drug-likeness (QED) is 0.750. The van der Waals surface area contributed by atoms with Gasteiger partial charge in [-0.25, -0.2) is 0 Å². The molecule has 0 saturated heterocycles. The molecule has 0 aliphatic carbocycles. The van der Waals surface area contributed by atoms with E-state index in [1.165, 1.54) is 11.1 Å². The summed E-state index contributed by atoms with van der Waals surface area (Å²) in [7, 11) is 0. The zero-order valence-electron chi connectivity index (χ0n) is 11.6. The van der Waals surface area contributed by atoms with E-state index < -0.39 is 6.27 Å². The third-order valence-corrected chi connectivity index (χ3v) is 2.90. The van der Waals surface area contributed by atoms with E-state index in [2.05, 4.69) is 27.7 Å². The second kappa shape index (κ2) is 4.00. The summed E-state index contributed by atoms with van der Waals surface area (Å²) in [5.74, 6) is 2.27. The highest BCUT2D eigenvalue weighted by Crippen LogP contribution is 2.41. The summed E-state index contributed by atoms with van der Waals surface area (Å²) in [5.41, 5.74) is 2.56. The smallest absolute Gasteiger partial charge is 0.238 e. The SMILES string of the molecule is [2H]C1(C)Oc2cc(C(C)C)c(C(C)C)cc2O1. The molecule has 0 bridgehead atoms. The van der Waals surface area contributed by atoms with Crippen LogP contribution in [0, 0.1) is 0 Å². The minimum atomic E-state index is -1.29. The second-order valence-corrected chi connectivity index (χ2v) is 4.93. The average Bonchev–Trinajstić information content (AvgIpc) is 2.48. The molecule has 1 aliphatic rings. The molecule has 1 aliphatic heterocycles. The molecule has 16 heavy (non-hydrogen) atoms. The first kappa shape index (κ1) is 10.0. The van der Waals surface area contributed by atoms with Gasteiger partial charge in [0.15, 0.2) is 11.5 Å². The van der Waals surface area contributed by atoms with E-state index in [0.29, 0.717) is 23.3 Å². The lowest BCUT2D eigenvalue weighted by Crippen LogP contribution is -2.11. The lowest BCUT2D eigenvalue weighted by atomic mass is 9.90. The van der Waals surface area contributed by atoms with Crippen molar-refractivity contribution in [1.82, 2.24) is 0 Å². The van der Waals surface area contributed by atoms with E-state index in [9.17, 15) is 0 Å². The largest absolute Gasteiger partial charge is 0.451 e. The highest BCUT2D eigenvalue weighted by atomic mass is 16.7. The van der Waals surface area contributed by atoms with Crippen LogP contribution in [0.3, 0.4) is 0 Å². The van der Waals surface area contributed by atoms with E-state index in [-0.39, 0.29) is 0 Å². The van der Waals surface area contributed by atoms with E-state index in [4.69, 9.17) is 10.8 Å². The van der Waals surface area contributed by atoms with Gasteiger partial charge in [-0.15, -0.1) is 0 Å². The molecule has 0 atom stereocenters. The Hall–Kier alpha value is -1.18. The van der Waals surface area contributed by atoms with Crippen LogP contribution in [0.5, 0.6) is 11.5 Å². The van der Waals surface area contributed by atoms with Crippen molar-refractivity contribution in [1.29, 1.82) is 0 Å². The van der Waals surface area contributed by atoms with Gasteiger partial charge in [-0.05, 0) is 35.1 Å². The summed E-state index contributed by atoms with van der Waals surface area (Å²) >= 11 is 0. The molecular formula is C14H20O2. The van der Waals surface area contributed by atoms with Gasteiger partial charge in [0.2, 0.25) is 6.27 Å². The van der Waals surface area contributed by atoms with Gasteiger partial charge in [-0.3, -0.25) is 0 Å². The molecule has 88 valence electrons. The molecular weight excluding hydrogens is 200 g/mol. The molecule has 0 fully saturated rings. The normalized spacial score (nSPS) is 18.1. The van der Waals surface area contributed by atoms with Crippen LogP contribution >= 0.6 is 0 Å². The van der Waals surface area contributed by atoms with Crippen molar-refractivity contribution in [3.63, 3.8) is 0 Å². The summed E-state index contributed by atoms with van der Waals surface area (Å²) in [6.07, 6.45) is -1.29. The first-order valence-electron chi connectivity index (χ1n) is 6.36. The van der Waals surface area contributed by atoms with Gasteiger partial charge < -0.3 is 9.47 Å². The lowest BCUT2D eigenvalue weighted by molar-refractivity contribution is 0.0678. The Labute approximate surface area is 99.0 Å². The minimum absolute atomic E-state index is 0.443. The molecule has 1 heterocycles. The third kappa shape index (κ3) is 1.89. The van der Waals surface area contributed by atoms with Crippen molar-refractivity contribution >= 4 is 0 Å². The molecule has 1 aromatic carbocycles. The molecule has 2 nitrogen and oxygen atoms in total. The van der Waals surface area contributed by atoms with E-state index in [1.807, 2.05) is 12.1 Å². The first-order valence-corrected chi connectivity index (χ1v) is 5.86. The van der Waals surface area contributed by atoms with Crippen LogP contribution in [0.4, 0.5) is 0 Å². The van der Waals surface area contributed by atoms with Crippen molar-refractivity contribution in [3.05, 3.63) is 23.3 Å². The van der Waals surface area contributed by atoms with Crippen molar-refractivity contribution in [2.45, 2.75) is 52.7 Å². The third-order valence-electron chi connectivity index (χ3n) is 2.90. The molecule has 0 radical (unpaired) electrons. The molecule has 0 saturated carbocycles. The number of hydrogen-bond acceptors (Lipinski definition) is 2. The topological polar surface area (TPSA) is 18.5 Å². The van der Waals surface area contributed by atoms with Gasteiger partial charge in [0.05, 0.1) is 0 Å². The highest BCUT2D eigenvalue weighted by molar-refractivity contribution is 5.50. The van der Waals surface area contributed by atoms with Gasteiger partial charge in [-0.2, -0.15) is 0 Å². The highest BCUT2D eigenvalue weighted by Gasteiger charge is 2.23. The van der Waals surface area contributed by atoms with Crippen molar-refractivity contribution in [3.8, 4) is 11.5 Å². The summed E-state index contributed by atoms with van der Waals surface area (Å²) in [6.45, 7) is 10.3. The molecule has 2 rings (SSSR count). The Bertz CT molecular complexity index is 397. The Balaban J connectivity index is 2.51. The molecule has 0 amide bonds. The fourth-order valence-corrected chi connectivity index (χ4v) is 2.08. The number of rotatable bonds is 2. The molecule has 0 aromatic heterocycles. The molecule has 0 unspecified atom stereocenters. The van der Waals surface area contributed by atoms with Gasteiger partial charge in [-0.1, -0.05) is 27.7 Å². The zero-order valence-corrected chi connectivity index (χ0v) is 10.6. The second-order valence-electron chi connectivity index (χ2n) is 4.93. The predicted octanol–water partition coefficient (Wildman–Crippen LogP) is 4.05. The van der Waals surface area contributed by atoms with Crippen molar-refractivity contribution in [2.24, 2.45) is 0 Å². The van der Waals surface area contributed by atoms with Gasteiger partial charge in [0.25, 0.3) is 0 Å². The standard InChI is InChI=1S/C14H20O2/c1-8(2)11-6-13-14(16-10(5)15-13)7-12(11)9(3)4/h6-10H,1-5H3/i10D. The van der Waals surface area contributed by atoms with Crippen LogP contribution in [0.25, 0.3) is 0 Å². The number of ether oxygens (including phenoxy) is 2. The Morgan fingerprint density at radius 3 is 1.69 bits per heavy atom. The van der Waals surface area contributed by atoms with Crippen LogP contribution in [-0.4, -0.2) is 6.27 Å². The number of benzene rings is 1. The molecule has 0 N–H and O–H groups in total. The van der Waals surface area contributed by atoms with E-state index in [1.54, 1.807) is 6.92 Å². The maximum atomic E-state index is 7.78. The van der Waals surface area contributed by atoms with Crippen LogP contribution < -0.4 is 9.47 Å². The number of fused-ring (bicyclic) bond motifs is 1. The molecule has 1 aromatic rings. The maximum Gasteiger partial charge on any atom is 0.238 e. The lowest BCUT2D eigenvalue weighted by Gasteiger charge is -2.16. The van der Waals surface area contributed by atoms with Gasteiger partial charge in [0, 0.05) is 6.92 Å². The van der Waals surface area contributed by atoms with E-state index >= 15 is 0 Å². The van der Waals surface area contributed by atoms with Crippen LogP contribution in [0.15, 0.2) is 12.1 Å². The summed E-state index contributed by atoms with van der Waals surface area (Å²) in [5, 5.41) is 0. The Morgan fingerprint density at radius 2 is 1.38 bits per heavy atom. The summed E-state index contributed by atoms with van der Waals surface area (Å²) in [4.78, 5) is 0. The molecule has 2 heteroatoms.